The van der Waals surface area contributed by atoms with Gasteiger partial charge in [0.15, 0.2) is 5.12 Å². The lowest BCUT2D eigenvalue weighted by molar-refractivity contribution is -0.109. The topological polar surface area (TPSA) is 70.4 Å². The number of carbonyl (C=O) groups excluding carboxylic acids is 1. The number of carbonyl (C=O) groups is 1. The molecule has 17 heavy (non-hydrogen) atoms. The molecule has 4 nitrogen and oxygen atoms in total. The second-order valence-electron chi connectivity index (χ2n) is 3.54. The van der Waals surface area contributed by atoms with Crippen molar-refractivity contribution in [2.75, 3.05) is 5.75 Å². The fraction of sp³-hybridized carbons (Fsp3) is 0.455. The Kier molecular flexibility index (Phi) is 5.91. The van der Waals surface area contributed by atoms with E-state index in [-0.39, 0.29) is 5.12 Å². The number of aliphatic hydroxyl groups excluding tert-OH is 2. The number of thioether (sulfide) groups is 1. The molecule has 1 rings (SSSR count). The lowest BCUT2D eigenvalue weighted by Crippen LogP contribution is -2.20. The Labute approximate surface area is 109 Å². The summed E-state index contributed by atoms with van der Waals surface area (Å²) in [5.74, 6) is 0.466. The maximum Gasteiger partial charge on any atom is 0.185 e. The van der Waals surface area contributed by atoms with Gasteiger partial charge in [0, 0.05) is 23.9 Å². The molecule has 2 N–H and O–H groups in total. The van der Waals surface area contributed by atoms with Crippen LogP contribution in [0.25, 0.3) is 0 Å². The summed E-state index contributed by atoms with van der Waals surface area (Å²) in [6, 6.07) is 3.10. The molecule has 0 radical (unpaired) electrons. The standard InChI is InChI=1S/C11H14ClNO3S/c1-7(14)17-5-3-10(15)11(16)9-6-8(12)2-4-13-9/h2,4,6,10-11,15-16H,3,5H2,1H3. The van der Waals surface area contributed by atoms with Crippen LogP contribution in [0.15, 0.2) is 18.3 Å². The molecule has 0 fully saturated rings. The zero-order valence-electron chi connectivity index (χ0n) is 9.34. The van der Waals surface area contributed by atoms with Crippen LogP contribution in [0.5, 0.6) is 0 Å². The summed E-state index contributed by atoms with van der Waals surface area (Å²) in [6.07, 6.45) is -0.244. The number of halogens is 1. The molecule has 2 unspecified atom stereocenters. The van der Waals surface area contributed by atoms with E-state index in [1.807, 2.05) is 0 Å². The van der Waals surface area contributed by atoms with Crippen LogP contribution in [-0.2, 0) is 4.79 Å². The Balaban J connectivity index is 2.51. The van der Waals surface area contributed by atoms with Crippen molar-refractivity contribution in [2.24, 2.45) is 0 Å². The predicted octanol–water partition coefficient (Wildman–Crippen LogP) is 1.80. The van der Waals surface area contributed by atoms with Gasteiger partial charge in [-0.05, 0) is 18.6 Å². The van der Waals surface area contributed by atoms with Crippen molar-refractivity contribution in [3.63, 3.8) is 0 Å². The first kappa shape index (κ1) is 14.4. The van der Waals surface area contributed by atoms with E-state index >= 15 is 0 Å². The zero-order valence-corrected chi connectivity index (χ0v) is 10.9. The van der Waals surface area contributed by atoms with E-state index in [0.29, 0.717) is 22.9 Å². The van der Waals surface area contributed by atoms with Crippen LogP contribution in [0.1, 0.15) is 25.1 Å². The maximum absolute atomic E-state index is 10.7. The molecule has 0 bridgehead atoms. The molecule has 0 amide bonds. The number of rotatable bonds is 5. The summed E-state index contributed by atoms with van der Waals surface area (Å²) < 4.78 is 0. The average molecular weight is 276 g/mol. The molecule has 0 aliphatic rings. The smallest absolute Gasteiger partial charge is 0.185 e. The van der Waals surface area contributed by atoms with Crippen LogP contribution in [0.3, 0.4) is 0 Å². The quantitative estimate of drug-likeness (QED) is 0.857. The summed E-state index contributed by atoms with van der Waals surface area (Å²) >= 11 is 6.88. The number of hydrogen-bond acceptors (Lipinski definition) is 5. The number of hydrogen-bond donors (Lipinski definition) is 2. The van der Waals surface area contributed by atoms with Gasteiger partial charge in [-0.15, -0.1) is 0 Å². The summed E-state index contributed by atoms with van der Waals surface area (Å²) in [6.45, 7) is 1.46. The number of aliphatic hydroxyl groups is 2. The van der Waals surface area contributed by atoms with Gasteiger partial charge >= 0.3 is 0 Å². The van der Waals surface area contributed by atoms with Crippen LogP contribution in [0.4, 0.5) is 0 Å². The maximum atomic E-state index is 10.7. The van der Waals surface area contributed by atoms with E-state index in [9.17, 15) is 15.0 Å². The molecular weight excluding hydrogens is 262 g/mol. The molecule has 6 heteroatoms. The summed E-state index contributed by atoms with van der Waals surface area (Å²) in [5, 5.41) is 20.0. The molecule has 0 aliphatic heterocycles. The van der Waals surface area contributed by atoms with Crippen LogP contribution >= 0.6 is 23.4 Å². The van der Waals surface area contributed by atoms with Gasteiger partial charge in [-0.25, -0.2) is 0 Å². The molecule has 0 saturated heterocycles. The normalized spacial score (nSPS) is 14.4. The molecular formula is C11H14ClNO3S. The molecule has 1 aromatic heterocycles. The third-order valence-corrected chi connectivity index (χ3v) is 3.21. The molecule has 0 saturated carbocycles. The van der Waals surface area contributed by atoms with Crippen LogP contribution in [-0.4, -0.2) is 32.2 Å². The summed E-state index contributed by atoms with van der Waals surface area (Å²) in [7, 11) is 0. The second-order valence-corrected chi connectivity index (χ2v) is 5.25. The van der Waals surface area contributed by atoms with Gasteiger partial charge in [0.2, 0.25) is 0 Å². The van der Waals surface area contributed by atoms with Crippen molar-refractivity contribution in [1.29, 1.82) is 0 Å². The number of nitrogens with zero attached hydrogens (tertiary/aromatic N) is 1. The summed E-state index contributed by atoms with van der Waals surface area (Å²) in [5.41, 5.74) is 0.331. The molecule has 0 aromatic carbocycles. The molecule has 1 aromatic rings. The highest BCUT2D eigenvalue weighted by molar-refractivity contribution is 8.13. The van der Waals surface area contributed by atoms with Crippen molar-refractivity contribution < 1.29 is 15.0 Å². The fourth-order valence-corrected chi connectivity index (χ4v) is 2.08. The Bertz CT molecular complexity index is 389. The van der Waals surface area contributed by atoms with Crippen molar-refractivity contribution in [2.45, 2.75) is 25.6 Å². The highest BCUT2D eigenvalue weighted by atomic mass is 35.5. The number of pyridine rings is 1. The van der Waals surface area contributed by atoms with Gasteiger partial charge < -0.3 is 10.2 Å². The first-order valence-electron chi connectivity index (χ1n) is 5.11. The van der Waals surface area contributed by atoms with Gasteiger partial charge in [-0.1, -0.05) is 23.4 Å². The summed E-state index contributed by atoms with van der Waals surface area (Å²) in [4.78, 5) is 14.6. The first-order valence-corrected chi connectivity index (χ1v) is 6.48. The van der Waals surface area contributed by atoms with Crippen molar-refractivity contribution >= 4 is 28.5 Å². The van der Waals surface area contributed by atoms with Crippen LogP contribution in [0, 0.1) is 0 Å². The highest BCUT2D eigenvalue weighted by Gasteiger charge is 2.19. The van der Waals surface area contributed by atoms with E-state index in [1.165, 1.54) is 19.2 Å². The number of aromatic nitrogens is 1. The highest BCUT2D eigenvalue weighted by Crippen LogP contribution is 2.21. The lowest BCUT2D eigenvalue weighted by Gasteiger charge is -2.16. The SMILES string of the molecule is CC(=O)SCCC(O)C(O)c1cc(Cl)ccn1. The minimum Gasteiger partial charge on any atom is -0.390 e. The van der Waals surface area contributed by atoms with E-state index in [2.05, 4.69) is 4.98 Å². The third kappa shape index (κ3) is 5.04. The Morgan fingerprint density at radius 1 is 1.59 bits per heavy atom. The molecule has 2 atom stereocenters. The van der Waals surface area contributed by atoms with E-state index in [0.717, 1.165) is 11.8 Å². The predicted molar refractivity (Wildman–Crippen MR) is 68.0 cm³/mol. The third-order valence-electron chi connectivity index (χ3n) is 2.13. The monoisotopic (exact) mass is 275 g/mol. The van der Waals surface area contributed by atoms with Crippen molar-refractivity contribution in [3.8, 4) is 0 Å². The minimum atomic E-state index is -1.08. The first-order chi connectivity index (χ1) is 8.00. The minimum absolute atomic E-state index is 0.00688. The molecule has 94 valence electrons. The van der Waals surface area contributed by atoms with E-state index in [1.54, 1.807) is 6.07 Å². The van der Waals surface area contributed by atoms with Crippen LogP contribution in [0.2, 0.25) is 5.02 Å². The van der Waals surface area contributed by atoms with Crippen LogP contribution < -0.4 is 0 Å². The lowest BCUT2D eigenvalue weighted by atomic mass is 10.1. The van der Waals surface area contributed by atoms with Gasteiger partial charge in [0.25, 0.3) is 0 Å². The van der Waals surface area contributed by atoms with Crippen molar-refractivity contribution in [1.82, 2.24) is 4.98 Å². The van der Waals surface area contributed by atoms with Gasteiger partial charge in [-0.2, -0.15) is 0 Å². The second kappa shape index (κ2) is 6.96. The molecule has 0 aliphatic carbocycles. The zero-order chi connectivity index (χ0) is 12.8. The van der Waals surface area contributed by atoms with E-state index < -0.39 is 12.2 Å². The average Bonchev–Trinajstić information content (AvgIpc) is 2.27. The van der Waals surface area contributed by atoms with Crippen molar-refractivity contribution in [3.05, 3.63) is 29.0 Å². The van der Waals surface area contributed by atoms with E-state index in [4.69, 9.17) is 11.6 Å². The Hall–Kier alpha value is -0.620. The molecule has 0 spiro atoms. The largest absolute Gasteiger partial charge is 0.390 e. The van der Waals surface area contributed by atoms with Gasteiger partial charge in [0.05, 0.1) is 11.8 Å². The van der Waals surface area contributed by atoms with Gasteiger partial charge in [-0.3, -0.25) is 9.78 Å². The fourth-order valence-electron chi connectivity index (χ4n) is 1.26. The Morgan fingerprint density at radius 3 is 2.88 bits per heavy atom. The van der Waals surface area contributed by atoms with Gasteiger partial charge in [0.1, 0.15) is 6.10 Å². The molecule has 1 heterocycles. The Morgan fingerprint density at radius 2 is 2.29 bits per heavy atom.